The number of Topliss-reactive ketones (excluding diaryl/α,β-unsaturated/α-hetero) is 1. The number of ketones is 1. The molecule has 0 fully saturated rings. The smallest absolute Gasteiger partial charge is 0.306 e. The summed E-state index contributed by atoms with van der Waals surface area (Å²) in [5, 5.41) is 0. The van der Waals surface area contributed by atoms with Crippen LogP contribution >= 0.6 is 0 Å². The second-order valence-electron chi connectivity index (χ2n) is 3.18. The third kappa shape index (κ3) is 5.51. The number of hydrogen-bond acceptors (Lipinski definition) is 3. The lowest BCUT2D eigenvalue weighted by atomic mass is 9.95. The van der Waals surface area contributed by atoms with Crippen LogP contribution in [0.4, 0.5) is 0 Å². The van der Waals surface area contributed by atoms with Crippen LogP contribution in [0.25, 0.3) is 0 Å². The summed E-state index contributed by atoms with van der Waals surface area (Å²) >= 11 is 0. The maximum atomic E-state index is 11.1. The predicted octanol–water partition coefficient (Wildman–Crippen LogP) is 2.11. The van der Waals surface area contributed by atoms with E-state index in [9.17, 15) is 9.59 Å². The highest BCUT2D eigenvalue weighted by Gasteiger charge is 2.18. The Hall–Kier alpha value is -1.12. The molecule has 0 aliphatic carbocycles. The summed E-state index contributed by atoms with van der Waals surface area (Å²) in [5.41, 5.74) is 0. The average Bonchev–Trinajstić information content (AvgIpc) is 2.12. The molecule has 0 aromatic carbocycles. The second-order valence-corrected chi connectivity index (χ2v) is 3.18. The van der Waals surface area contributed by atoms with Gasteiger partial charge in [0.25, 0.3) is 0 Å². The topological polar surface area (TPSA) is 43.4 Å². The van der Waals surface area contributed by atoms with E-state index < -0.39 is 0 Å². The molecule has 0 radical (unpaired) electrons. The molecule has 1 atom stereocenters. The Morgan fingerprint density at radius 2 is 2.14 bits per heavy atom. The van der Waals surface area contributed by atoms with Crippen LogP contribution < -0.4 is 0 Å². The molecule has 0 aliphatic heterocycles. The van der Waals surface area contributed by atoms with E-state index >= 15 is 0 Å². The maximum absolute atomic E-state index is 11.1. The van der Waals surface area contributed by atoms with Crippen LogP contribution in [0.3, 0.4) is 0 Å². The zero-order valence-corrected chi connectivity index (χ0v) is 8.91. The van der Waals surface area contributed by atoms with Gasteiger partial charge >= 0.3 is 5.97 Å². The predicted molar refractivity (Wildman–Crippen MR) is 54.9 cm³/mol. The summed E-state index contributed by atoms with van der Waals surface area (Å²) in [5.74, 6) is -0.469. The fourth-order valence-electron chi connectivity index (χ4n) is 1.19. The van der Waals surface area contributed by atoms with Gasteiger partial charge in [-0.15, -0.1) is 6.58 Å². The maximum Gasteiger partial charge on any atom is 0.306 e. The lowest BCUT2D eigenvalue weighted by Gasteiger charge is -2.11. The molecule has 14 heavy (non-hydrogen) atoms. The van der Waals surface area contributed by atoms with E-state index in [2.05, 4.69) is 6.58 Å². The SMILES string of the molecule is C=CCCC(CC(=O)OCC)C(C)=O. The molecule has 1 unspecified atom stereocenters. The van der Waals surface area contributed by atoms with Crippen molar-refractivity contribution in [1.29, 1.82) is 0 Å². The average molecular weight is 198 g/mol. The first kappa shape index (κ1) is 12.9. The van der Waals surface area contributed by atoms with Crippen LogP contribution in [0.2, 0.25) is 0 Å². The van der Waals surface area contributed by atoms with Crippen molar-refractivity contribution in [2.45, 2.75) is 33.1 Å². The lowest BCUT2D eigenvalue weighted by molar-refractivity contribution is -0.146. The van der Waals surface area contributed by atoms with Gasteiger partial charge < -0.3 is 4.74 Å². The van der Waals surface area contributed by atoms with Crippen LogP contribution in [-0.4, -0.2) is 18.4 Å². The minimum absolute atomic E-state index is 0.0416. The van der Waals surface area contributed by atoms with Gasteiger partial charge in [-0.25, -0.2) is 0 Å². The van der Waals surface area contributed by atoms with Gasteiger partial charge in [0, 0.05) is 5.92 Å². The molecule has 0 N–H and O–H groups in total. The molecule has 0 aliphatic rings. The summed E-state index contributed by atoms with van der Waals surface area (Å²) in [4.78, 5) is 22.3. The highest BCUT2D eigenvalue weighted by Crippen LogP contribution is 2.13. The van der Waals surface area contributed by atoms with Crippen molar-refractivity contribution in [3.8, 4) is 0 Å². The standard InChI is InChI=1S/C11H18O3/c1-4-6-7-10(9(3)12)8-11(13)14-5-2/h4,10H,1,5-8H2,2-3H3. The third-order valence-electron chi connectivity index (χ3n) is 2.01. The molecule has 0 amide bonds. The monoisotopic (exact) mass is 198 g/mol. The Morgan fingerprint density at radius 1 is 1.50 bits per heavy atom. The molecular weight excluding hydrogens is 180 g/mol. The van der Waals surface area contributed by atoms with Gasteiger partial charge in [0.15, 0.2) is 0 Å². The summed E-state index contributed by atoms with van der Waals surface area (Å²) in [6.45, 7) is 7.21. The Labute approximate surface area is 85.1 Å². The largest absolute Gasteiger partial charge is 0.466 e. The first-order valence-corrected chi connectivity index (χ1v) is 4.88. The van der Waals surface area contributed by atoms with E-state index in [1.807, 2.05) is 0 Å². The molecule has 3 heteroatoms. The van der Waals surface area contributed by atoms with Gasteiger partial charge in [0.2, 0.25) is 0 Å². The van der Waals surface area contributed by atoms with E-state index in [-0.39, 0.29) is 24.1 Å². The zero-order valence-electron chi connectivity index (χ0n) is 8.91. The summed E-state index contributed by atoms with van der Waals surface area (Å²) in [7, 11) is 0. The first-order chi connectivity index (χ1) is 6.61. The van der Waals surface area contributed by atoms with E-state index in [0.29, 0.717) is 13.0 Å². The minimum atomic E-state index is -0.295. The highest BCUT2D eigenvalue weighted by molar-refractivity contribution is 5.83. The van der Waals surface area contributed by atoms with Crippen LogP contribution in [0.15, 0.2) is 12.7 Å². The number of esters is 1. The number of carbonyl (C=O) groups excluding carboxylic acids is 2. The molecular formula is C11H18O3. The molecule has 0 aromatic heterocycles. The molecule has 0 saturated carbocycles. The highest BCUT2D eigenvalue weighted by atomic mass is 16.5. The number of ether oxygens (including phenoxy) is 1. The molecule has 0 spiro atoms. The Bertz CT molecular complexity index is 209. The molecule has 3 nitrogen and oxygen atoms in total. The van der Waals surface area contributed by atoms with Crippen LogP contribution in [-0.2, 0) is 14.3 Å². The molecule has 0 bridgehead atoms. The molecule has 0 heterocycles. The Kier molecular flexibility index (Phi) is 6.72. The Morgan fingerprint density at radius 3 is 2.57 bits per heavy atom. The van der Waals surface area contributed by atoms with Crippen LogP contribution in [0.5, 0.6) is 0 Å². The normalized spacial score (nSPS) is 11.9. The van der Waals surface area contributed by atoms with Gasteiger partial charge in [-0.2, -0.15) is 0 Å². The van der Waals surface area contributed by atoms with Crippen LogP contribution in [0.1, 0.15) is 33.1 Å². The van der Waals surface area contributed by atoms with Crippen molar-refractivity contribution in [2.24, 2.45) is 5.92 Å². The number of carbonyl (C=O) groups is 2. The van der Waals surface area contributed by atoms with Gasteiger partial charge in [0.05, 0.1) is 13.0 Å². The van der Waals surface area contributed by atoms with Crippen molar-refractivity contribution < 1.29 is 14.3 Å². The lowest BCUT2D eigenvalue weighted by Crippen LogP contribution is -2.17. The number of rotatable bonds is 7. The summed E-state index contributed by atoms with van der Waals surface area (Å²) in [6.07, 6.45) is 3.37. The first-order valence-electron chi connectivity index (χ1n) is 4.88. The molecule has 0 saturated heterocycles. The quantitative estimate of drug-likeness (QED) is 0.465. The molecule has 0 aromatic rings. The Balaban J connectivity index is 4.01. The van der Waals surface area contributed by atoms with Gasteiger partial charge in [-0.1, -0.05) is 6.08 Å². The van der Waals surface area contributed by atoms with Crippen LogP contribution in [0, 0.1) is 5.92 Å². The molecule has 80 valence electrons. The number of allylic oxidation sites excluding steroid dienone is 1. The molecule has 0 rings (SSSR count). The van der Waals surface area contributed by atoms with E-state index in [1.165, 1.54) is 6.92 Å². The van der Waals surface area contributed by atoms with Crippen molar-refractivity contribution in [2.75, 3.05) is 6.61 Å². The summed E-state index contributed by atoms with van der Waals surface area (Å²) < 4.78 is 4.79. The van der Waals surface area contributed by atoms with Crippen molar-refractivity contribution >= 4 is 11.8 Å². The third-order valence-corrected chi connectivity index (χ3v) is 2.01. The second kappa shape index (κ2) is 7.30. The zero-order chi connectivity index (χ0) is 11.0. The summed E-state index contributed by atoms with van der Waals surface area (Å²) in [6, 6.07) is 0. The minimum Gasteiger partial charge on any atom is -0.466 e. The van der Waals surface area contributed by atoms with Gasteiger partial charge in [0.1, 0.15) is 5.78 Å². The van der Waals surface area contributed by atoms with E-state index in [0.717, 1.165) is 6.42 Å². The van der Waals surface area contributed by atoms with Gasteiger partial charge in [-0.3, -0.25) is 9.59 Å². The van der Waals surface area contributed by atoms with E-state index in [1.54, 1.807) is 13.0 Å². The fraction of sp³-hybridized carbons (Fsp3) is 0.636. The van der Waals surface area contributed by atoms with Crippen molar-refractivity contribution in [3.05, 3.63) is 12.7 Å². The number of hydrogen-bond donors (Lipinski definition) is 0. The van der Waals surface area contributed by atoms with Gasteiger partial charge in [-0.05, 0) is 26.7 Å². The van der Waals surface area contributed by atoms with Crippen molar-refractivity contribution in [3.63, 3.8) is 0 Å². The van der Waals surface area contributed by atoms with Crippen molar-refractivity contribution in [1.82, 2.24) is 0 Å². The van der Waals surface area contributed by atoms with E-state index in [4.69, 9.17) is 4.74 Å². The fourth-order valence-corrected chi connectivity index (χ4v) is 1.19.